The highest BCUT2D eigenvalue weighted by Crippen LogP contribution is 2.18. The molecule has 4 N–H and O–H groups in total. The molecule has 0 aliphatic carbocycles. The molecule has 0 heterocycles. The molecule has 1 aromatic rings. The van der Waals surface area contributed by atoms with Crippen molar-refractivity contribution in [3.8, 4) is 0 Å². The summed E-state index contributed by atoms with van der Waals surface area (Å²) in [5.74, 6) is -0.0594. The summed E-state index contributed by atoms with van der Waals surface area (Å²) in [6.45, 7) is -0.563. The second-order valence-electron chi connectivity index (χ2n) is 2.30. The molecule has 0 atom stereocenters. The molecule has 4 heteroatoms. The summed E-state index contributed by atoms with van der Waals surface area (Å²) in [5.41, 5.74) is 11.3. The zero-order valence-electron chi connectivity index (χ0n) is 6.50. The number of nitrogens with zero attached hydrogens (tertiary/aromatic N) is 1. The number of hydrogen-bond acceptors (Lipinski definition) is 1. The molecule has 0 aliphatic rings. The lowest BCUT2D eigenvalue weighted by molar-refractivity contribution is 0.486. The number of rotatable bonds is 2. The van der Waals surface area contributed by atoms with Gasteiger partial charge in [-0.3, -0.25) is 0 Å². The van der Waals surface area contributed by atoms with Gasteiger partial charge in [0.05, 0.1) is 5.69 Å². The van der Waals surface area contributed by atoms with Crippen molar-refractivity contribution in [2.75, 3.05) is 0 Å². The Morgan fingerprint density at radius 3 is 2.58 bits per heavy atom. The van der Waals surface area contributed by atoms with Crippen LogP contribution in [0.15, 0.2) is 29.3 Å². The number of benzene rings is 1. The van der Waals surface area contributed by atoms with Gasteiger partial charge in [-0.25, -0.2) is 9.38 Å². The van der Waals surface area contributed by atoms with E-state index >= 15 is 0 Å². The minimum Gasteiger partial charge on any atom is -0.370 e. The SMILES string of the molecule is NC(N)=Nc1ccccc1CF. The van der Waals surface area contributed by atoms with Crippen LogP contribution in [0.3, 0.4) is 0 Å². The van der Waals surface area contributed by atoms with Gasteiger partial charge in [-0.2, -0.15) is 0 Å². The molecule has 3 nitrogen and oxygen atoms in total. The van der Waals surface area contributed by atoms with Gasteiger partial charge >= 0.3 is 0 Å². The number of halogens is 1. The second-order valence-corrected chi connectivity index (χ2v) is 2.30. The molecule has 0 bridgehead atoms. The monoisotopic (exact) mass is 167 g/mol. The summed E-state index contributed by atoms with van der Waals surface area (Å²) in [4.78, 5) is 3.76. The fourth-order valence-corrected chi connectivity index (χ4v) is 0.872. The third-order valence-corrected chi connectivity index (χ3v) is 1.39. The van der Waals surface area contributed by atoms with E-state index < -0.39 is 6.67 Å². The summed E-state index contributed by atoms with van der Waals surface area (Å²) in [5, 5.41) is 0. The van der Waals surface area contributed by atoms with E-state index in [1.54, 1.807) is 24.3 Å². The van der Waals surface area contributed by atoms with Crippen molar-refractivity contribution in [3.63, 3.8) is 0 Å². The zero-order valence-corrected chi connectivity index (χ0v) is 6.50. The van der Waals surface area contributed by atoms with Crippen LogP contribution in [-0.2, 0) is 6.67 Å². The predicted molar refractivity (Wildman–Crippen MR) is 46.7 cm³/mol. The molecule has 0 spiro atoms. The van der Waals surface area contributed by atoms with Gasteiger partial charge in [0.15, 0.2) is 5.96 Å². The lowest BCUT2D eigenvalue weighted by Gasteiger charge is -1.99. The van der Waals surface area contributed by atoms with Gasteiger partial charge in [0.2, 0.25) is 0 Å². The number of nitrogens with two attached hydrogens (primary N) is 2. The third kappa shape index (κ3) is 1.95. The number of hydrogen-bond donors (Lipinski definition) is 2. The molecule has 64 valence electrons. The molecule has 12 heavy (non-hydrogen) atoms. The number of para-hydroxylation sites is 1. The van der Waals surface area contributed by atoms with Gasteiger partial charge in [-0.05, 0) is 6.07 Å². The minimum absolute atomic E-state index is 0.0594. The molecule has 0 aliphatic heterocycles. The molecule has 0 unspecified atom stereocenters. The minimum atomic E-state index is -0.563. The lowest BCUT2D eigenvalue weighted by Crippen LogP contribution is -2.22. The highest BCUT2D eigenvalue weighted by Gasteiger charge is 1.98. The fraction of sp³-hybridized carbons (Fsp3) is 0.125. The smallest absolute Gasteiger partial charge is 0.191 e. The van der Waals surface area contributed by atoms with Crippen LogP contribution in [0.2, 0.25) is 0 Å². The van der Waals surface area contributed by atoms with Crippen molar-refractivity contribution in [2.24, 2.45) is 16.5 Å². The third-order valence-electron chi connectivity index (χ3n) is 1.39. The van der Waals surface area contributed by atoms with Crippen LogP contribution in [-0.4, -0.2) is 5.96 Å². The van der Waals surface area contributed by atoms with Gasteiger partial charge in [0, 0.05) is 5.56 Å². The Kier molecular flexibility index (Phi) is 2.63. The Labute approximate surface area is 69.9 Å². The standard InChI is InChI=1S/C8H10FN3/c9-5-6-3-1-2-4-7(6)12-8(10)11/h1-4H,5H2,(H4,10,11,12). The Morgan fingerprint density at radius 1 is 1.33 bits per heavy atom. The van der Waals surface area contributed by atoms with E-state index in [2.05, 4.69) is 4.99 Å². The first kappa shape index (κ1) is 8.52. The van der Waals surface area contributed by atoms with Crippen LogP contribution in [0.5, 0.6) is 0 Å². The molecule has 0 fully saturated rings. The van der Waals surface area contributed by atoms with Crippen molar-refractivity contribution in [1.82, 2.24) is 0 Å². The van der Waals surface area contributed by atoms with Crippen molar-refractivity contribution < 1.29 is 4.39 Å². The van der Waals surface area contributed by atoms with E-state index in [1.165, 1.54) is 0 Å². The number of guanidine groups is 1. The van der Waals surface area contributed by atoms with Crippen molar-refractivity contribution in [2.45, 2.75) is 6.67 Å². The predicted octanol–water partition coefficient (Wildman–Crippen LogP) is 1.06. The van der Waals surface area contributed by atoms with Crippen molar-refractivity contribution in [3.05, 3.63) is 29.8 Å². The maximum Gasteiger partial charge on any atom is 0.191 e. The fourth-order valence-electron chi connectivity index (χ4n) is 0.872. The van der Waals surface area contributed by atoms with Crippen LogP contribution in [0.1, 0.15) is 5.56 Å². The summed E-state index contributed by atoms with van der Waals surface area (Å²) >= 11 is 0. The van der Waals surface area contributed by atoms with Gasteiger partial charge in [0.1, 0.15) is 6.67 Å². The Bertz CT molecular complexity index is 292. The van der Waals surface area contributed by atoms with Gasteiger partial charge in [-0.15, -0.1) is 0 Å². The first-order valence-electron chi connectivity index (χ1n) is 3.47. The Hall–Kier alpha value is -1.58. The van der Waals surface area contributed by atoms with Crippen molar-refractivity contribution in [1.29, 1.82) is 0 Å². The topological polar surface area (TPSA) is 64.4 Å². The van der Waals surface area contributed by atoms with Crippen LogP contribution in [0.4, 0.5) is 10.1 Å². The van der Waals surface area contributed by atoms with Crippen LogP contribution in [0.25, 0.3) is 0 Å². The Balaban J connectivity index is 3.05. The van der Waals surface area contributed by atoms with Crippen LogP contribution >= 0.6 is 0 Å². The quantitative estimate of drug-likeness (QED) is 0.511. The average Bonchev–Trinajstić information content (AvgIpc) is 2.04. The first-order valence-corrected chi connectivity index (χ1v) is 3.47. The van der Waals surface area contributed by atoms with Crippen LogP contribution < -0.4 is 11.5 Å². The zero-order chi connectivity index (χ0) is 8.97. The molecule has 0 amide bonds. The summed E-state index contributed by atoms with van der Waals surface area (Å²) in [7, 11) is 0. The van der Waals surface area contributed by atoms with Gasteiger partial charge < -0.3 is 11.5 Å². The van der Waals surface area contributed by atoms with Crippen LogP contribution in [0, 0.1) is 0 Å². The number of alkyl halides is 1. The number of aliphatic imine (C=N–C) groups is 1. The van der Waals surface area contributed by atoms with E-state index in [0.29, 0.717) is 11.3 Å². The molecule has 1 rings (SSSR count). The average molecular weight is 167 g/mol. The normalized spacial score (nSPS) is 9.42. The van der Waals surface area contributed by atoms with E-state index in [9.17, 15) is 4.39 Å². The summed E-state index contributed by atoms with van der Waals surface area (Å²) in [6.07, 6.45) is 0. The van der Waals surface area contributed by atoms with Gasteiger partial charge in [0.25, 0.3) is 0 Å². The Morgan fingerprint density at radius 2 is 2.00 bits per heavy atom. The maximum absolute atomic E-state index is 12.3. The van der Waals surface area contributed by atoms with Gasteiger partial charge in [-0.1, -0.05) is 18.2 Å². The van der Waals surface area contributed by atoms with E-state index in [0.717, 1.165) is 0 Å². The second kappa shape index (κ2) is 3.71. The molecule has 1 aromatic carbocycles. The lowest BCUT2D eigenvalue weighted by atomic mass is 10.2. The summed E-state index contributed by atoms with van der Waals surface area (Å²) < 4.78 is 12.3. The highest BCUT2D eigenvalue weighted by molar-refractivity contribution is 5.79. The summed E-state index contributed by atoms with van der Waals surface area (Å²) in [6, 6.07) is 6.79. The molecular weight excluding hydrogens is 157 g/mol. The first-order chi connectivity index (χ1) is 5.74. The molecule has 0 saturated heterocycles. The van der Waals surface area contributed by atoms with E-state index in [-0.39, 0.29) is 5.96 Å². The van der Waals surface area contributed by atoms with E-state index in [1.807, 2.05) is 0 Å². The van der Waals surface area contributed by atoms with Crippen molar-refractivity contribution >= 4 is 11.6 Å². The molecule has 0 aromatic heterocycles. The maximum atomic E-state index is 12.3. The largest absolute Gasteiger partial charge is 0.370 e. The molecule has 0 saturated carbocycles. The molecular formula is C8H10FN3. The highest BCUT2D eigenvalue weighted by atomic mass is 19.1. The molecule has 0 radical (unpaired) electrons. The van der Waals surface area contributed by atoms with E-state index in [4.69, 9.17) is 11.5 Å².